The number of nitrogens with one attached hydrogen (secondary N) is 1. The minimum atomic E-state index is -3.90. The van der Waals surface area contributed by atoms with Gasteiger partial charge < -0.3 is 10.1 Å². The van der Waals surface area contributed by atoms with Gasteiger partial charge in [0.1, 0.15) is 10.6 Å². The molecule has 0 aliphatic carbocycles. The Morgan fingerprint density at radius 2 is 1.97 bits per heavy atom. The number of rotatable bonds is 3. The van der Waals surface area contributed by atoms with Gasteiger partial charge >= 0.3 is 6.09 Å². The number of benzene rings is 2. The van der Waals surface area contributed by atoms with Crippen molar-refractivity contribution in [2.45, 2.75) is 42.1 Å². The van der Waals surface area contributed by atoms with Crippen LogP contribution >= 0.6 is 15.9 Å². The highest BCUT2D eigenvalue weighted by atomic mass is 79.9. The summed E-state index contributed by atoms with van der Waals surface area (Å²) in [5.41, 5.74) is 1.04. The summed E-state index contributed by atoms with van der Waals surface area (Å²) < 4.78 is 46.1. The molecule has 2 aromatic rings. The second-order valence-electron chi connectivity index (χ2n) is 7.81. The molecule has 2 unspecified atom stereocenters. The molecule has 2 aromatic carbocycles. The van der Waals surface area contributed by atoms with E-state index in [4.69, 9.17) is 4.74 Å². The van der Waals surface area contributed by atoms with E-state index >= 15 is 0 Å². The zero-order valence-electron chi connectivity index (χ0n) is 16.6. The van der Waals surface area contributed by atoms with E-state index in [1.54, 1.807) is 32.0 Å². The molecule has 2 heterocycles. The van der Waals surface area contributed by atoms with E-state index in [0.29, 0.717) is 24.2 Å². The Morgan fingerprint density at radius 3 is 2.63 bits per heavy atom. The molecule has 4 rings (SSSR count). The first-order valence-electron chi connectivity index (χ1n) is 9.68. The van der Waals surface area contributed by atoms with Crippen LogP contribution in [0.25, 0.3) is 0 Å². The third kappa shape index (κ3) is 3.23. The van der Waals surface area contributed by atoms with Crippen LogP contribution < -0.4 is 10.2 Å². The third-order valence-corrected chi connectivity index (χ3v) is 8.74. The highest BCUT2D eigenvalue weighted by Crippen LogP contribution is 2.51. The number of ether oxygens (including phenoxy) is 1. The summed E-state index contributed by atoms with van der Waals surface area (Å²) in [5, 5.41) is 3.27. The van der Waals surface area contributed by atoms with Crippen molar-refractivity contribution < 1.29 is 22.3 Å². The van der Waals surface area contributed by atoms with Gasteiger partial charge in [0.2, 0.25) is 0 Å². The lowest BCUT2D eigenvalue weighted by atomic mass is 9.85. The van der Waals surface area contributed by atoms with E-state index in [9.17, 15) is 17.6 Å². The monoisotopic (exact) mass is 496 g/mol. The van der Waals surface area contributed by atoms with Gasteiger partial charge in [-0.2, -0.15) is 0 Å². The Morgan fingerprint density at radius 1 is 1.27 bits per heavy atom. The van der Waals surface area contributed by atoms with Crippen molar-refractivity contribution in [1.29, 1.82) is 0 Å². The van der Waals surface area contributed by atoms with Crippen molar-refractivity contribution in [2.24, 2.45) is 0 Å². The van der Waals surface area contributed by atoms with E-state index in [2.05, 4.69) is 21.2 Å². The van der Waals surface area contributed by atoms with Crippen molar-refractivity contribution in [3.63, 3.8) is 0 Å². The van der Waals surface area contributed by atoms with Crippen molar-refractivity contribution in [3.05, 3.63) is 58.3 Å². The zero-order valence-corrected chi connectivity index (χ0v) is 19.0. The number of halogens is 2. The molecule has 1 amide bonds. The molecule has 6 nitrogen and oxygen atoms in total. The molecule has 0 spiro atoms. The van der Waals surface area contributed by atoms with Crippen molar-refractivity contribution >= 4 is 37.5 Å². The molecule has 9 heteroatoms. The van der Waals surface area contributed by atoms with Crippen LogP contribution in [-0.4, -0.2) is 39.7 Å². The SMILES string of the molecule is CC(C)OC(=O)N1CC2NCCC2(S(=O)(=O)c2ccc(F)cc2)c2ccc(Br)cc21. The van der Waals surface area contributed by atoms with Crippen LogP contribution in [0.15, 0.2) is 51.8 Å². The zero-order chi connectivity index (χ0) is 21.7. The van der Waals surface area contributed by atoms with E-state index in [1.807, 2.05) is 0 Å². The minimum Gasteiger partial charge on any atom is -0.446 e. The van der Waals surface area contributed by atoms with Crippen LogP contribution in [0, 0.1) is 5.82 Å². The first-order chi connectivity index (χ1) is 14.2. The number of fused-ring (bicyclic) bond motifs is 3. The minimum absolute atomic E-state index is 0.0599. The Labute approximate surface area is 183 Å². The van der Waals surface area contributed by atoms with Crippen LogP contribution in [0.2, 0.25) is 0 Å². The Bertz CT molecular complexity index is 1090. The molecule has 160 valence electrons. The van der Waals surface area contributed by atoms with E-state index in [0.717, 1.165) is 16.6 Å². The molecule has 1 saturated heterocycles. The van der Waals surface area contributed by atoms with Gasteiger partial charge in [-0.15, -0.1) is 0 Å². The average Bonchev–Trinajstić information content (AvgIpc) is 3.12. The predicted octanol–water partition coefficient (Wildman–Crippen LogP) is 3.98. The lowest BCUT2D eigenvalue weighted by molar-refractivity contribution is 0.121. The molecular weight excluding hydrogens is 475 g/mol. The Kier molecular flexibility index (Phi) is 5.40. The van der Waals surface area contributed by atoms with Crippen LogP contribution in [-0.2, 0) is 19.3 Å². The van der Waals surface area contributed by atoms with Crippen LogP contribution in [0.5, 0.6) is 0 Å². The second-order valence-corrected chi connectivity index (χ2v) is 10.9. The van der Waals surface area contributed by atoms with Crippen molar-refractivity contribution in [1.82, 2.24) is 5.32 Å². The summed E-state index contributed by atoms with van der Waals surface area (Å²) in [4.78, 5) is 14.3. The maximum atomic E-state index is 13.9. The van der Waals surface area contributed by atoms with Gasteiger partial charge in [-0.05, 0) is 68.8 Å². The Balaban J connectivity index is 1.91. The maximum absolute atomic E-state index is 13.9. The molecule has 2 aliphatic rings. The molecule has 1 N–H and O–H groups in total. The molecule has 2 aliphatic heterocycles. The number of hydrogen-bond donors (Lipinski definition) is 1. The molecule has 1 fully saturated rings. The highest BCUT2D eigenvalue weighted by Gasteiger charge is 2.59. The smallest absolute Gasteiger partial charge is 0.414 e. The number of carbonyl (C=O) groups excluding carboxylic acids is 1. The Hall–Kier alpha value is -1.97. The molecule has 0 bridgehead atoms. The van der Waals surface area contributed by atoms with Crippen molar-refractivity contribution in [2.75, 3.05) is 18.0 Å². The van der Waals surface area contributed by atoms with Crippen LogP contribution in [0.4, 0.5) is 14.9 Å². The molecular formula is C21H22BrFN2O4S. The van der Waals surface area contributed by atoms with E-state index in [1.165, 1.54) is 17.0 Å². The molecule has 2 atom stereocenters. The summed E-state index contributed by atoms with van der Waals surface area (Å²) in [6.07, 6.45) is -0.482. The van der Waals surface area contributed by atoms with Gasteiger partial charge in [0.05, 0.1) is 16.7 Å². The maximum Gasteiger partial charge on any atom is 0.414 e. The van der Waals surface area contributed by atoms with Gasteiger partial charge in [0, 0.05) is 17.1 Å². The second kappa shape index (κ2) is 7.62. The van der Waals surface area contributed by atoms with Gasteiger partial charge in [-0.3, -0.25) is 4.90 Å². The average molecular weight is 497 g/mol. The van der Waals surface area contributed by atoms with Gasteiger partial charge in [0.25, 0.3) is 0 Å². The predicted molar refractivity (Wildman–Crippen MR) is 115 cm³/mol. The standard InChI is InChI=1S/C21H22BrFN2O4S/c1-13(2)29-20(26)25-12-19-21(9-10-24-19,17-8-3-14(22)11-18(17)25)30(27,28)16-6-4-15(23)5-7-16/h3-8,11,13,19,24H,9-10,12H2,1-2H3. The summed E-state index contributed by atoms with van der Waals surface area (Å²) in [6, 6.07) is 9.63. The number of amides is 1. The summed E-state index contributed by atoms with van der Waals surface area (Å²) >= 11 is 3.43. The number of nitrogens with zero attached hydrogens (tertiary/aromatic N) is 1. The quantitative estimate of drug-likeness (QED) is 0.650. The first-order valence-corrected chi connectivity index (χ1v) is 12.0. The van der Waals surface area contributed by atoms with Crippen molar-refractivity contribution in [3.8, 4) is 0 Å². The normalized spacial score (nSPS) is 23.2. The van der Waals surface area contributed by atoms with E-state index in [-0.39, 0.29) is 17.5 Å². The topological polar surface area (TPSA) is 75.7 Å². The number of sulfone groups is 1. The van der Waals surface area contributed by atoms with Crippen LogP contribution in [0.3, 0.4) is 0 Å². The molecule has 30 heavy (non-hydrogen) atoms. The fourth-order valence-corrected chi connectivity index (χ4v) is 7.03. The number of anilines is 1. The van der Waals surface area contributed by atoms with E-state index < -0.39 is 32.5 Å². The molecule has 0 aromatic heterocycles. The fourth-order valence-electron chi connectivity index (χ4n) is 4.40. The largest absolute Gasteiger partial charge is 0.446 e. The first kappa shape index (κ1) is 21.3. The van der Waals surface area contributed by atoms with Crippen LogP contribution in [0.1, 0.15) is 25.8 Å². The summed E-state index contributed by atoms with van der Waals surface area (Å²) in [5.74, 6) is -0.497. The molecule has 0 radical (unpaired) electrons. The number of hydrogen-bond acceptors (Lipinski definition) is 5. The van der Waals surface area contributed by atoms with Gasteiger partial charge in [-0.25, -0.2) is 17.6 Å². The summed E-state index contributed by atoms with van der Waals surface area (Å²) in [6.45, 7) is 4.16. The lowest BCUT2D eigenvalue weighted by Crippen LogP contribution is -2.57. The van der Waals surface area contributed by atoms with Gasteiger partial charge in [-0.1, -0.05) is 22.0 Å². The lowest BCUT2D eigenvalue weighted by Gasteiger charge is -2.44. The molecule has 0 saturated carbocycles. The fraction of sp³-hybridized carbons (Fsp3) is 0.381. The van der Waals surface area contributed by atoms with Gasteiger partial charge in [0.15, 0.2) is 9.84 Å². The summed E-state index contributed by atoms with van der Waals surface area (Å²) in [7, 11) is -3.90. The number of carbonyl (C=O) groups is 1. The third-order valence-electron chi connectivity index (χ3n) is 5.68. The highest BCUT2D eigenvalue weighted by molar-refractivity contribution is 9.10.